The van der Waals surface area contributed by atoms with Gasteiger partial charge in [-0.05, 0) is 45.9 Å². The second-order valence-corrected chi connectivity index (χ2v) is 7.33. The topological polar surface area (TPSA) is 107 Å². The minimum Gasteiger partial charge on any atom is -0.493 e. The summed E-state index contributed by atoms with van der Waals surface area (Å²) >= 11 is 3.44. The van der Waals surface area contributed by atoms with Gasteiger partial charge in [-0.1, -0.05) is 42.1 Å². The number of halogens is 1. The SMILES string of the molecule is COc1cc(C=NN=C(N)SCc2ccccc2)cc(I)c1OCC(=O)O. The highest BCUT2D eigenvalue weighted by atomic mass is 127. The highest BCUT2D eigenvalue weighted by Crippen LogP contribution is 2.33. The van der Waals surface area contributed by atoms with Crippen LogP contribution in [-0.2, 0) is 10.5 Å². The van der Waals surface area contributed by atoms with Crippen LogP contribution in [0.15, 0.2) is 52.7 Å². The lowest BCUT2D eigenvalue weighted by atomic mass is 10.2. The van der Waals surface area contributed by atoms with E-state index in [1.807, 2.05) is 52.9 Å². The summed E-state index contributed by atoms with van der Waals surface area (Å²) in [6.07, 6.45) is 1.54. The standard InChI is InChI=1S/C18H18IN3O4S/c1-25-15-8-13(7-14(19)17(15)26-10-16(23)24)9-21-22-18(20)27-11-12-5-3-2-4-6-12/h2-9H,10-11H2,1H3,(H2,20,22)(H,23,24). The molecule has 0 aliphatic rings. The Morgan fingerprint density at radius 1 is 1.33 bits per heavy atom. The van der Waals surface area contributed by atoms with Crippen molar-refractivity contribution >= 4 is 51.7 Å². The van der Waals surface area contributed by atoms with Crippen LogP contribution in [0.1, 0.15) is 11.1 Å². The summed E-state index contributed by atoms with van der Waals surface area (Å²) in [5.74, 6) is 0.447. The number of methoxy groups -OCH3 is 1. The summed E-state index contributed by atoms with van der Waals surface area (Å²) in [5.41, 5.74) is 7.74. The zero-order valence-electron chi connectivity index (χ0n) is 14.5. The lowest BCUT2D eigenvalue weighted by molar-refractivity contribution is -0.139. The number of nitrogens with two attached hydrogens (primary N) is 1. The molecular weight excluding hydrogens is 481 g/mol. The Hall–Kier alpha value is -2.27. The van der Waals surface area contributed by atoms with Gasteiger partial charge in [-0.15, -0.1) is 5.10 Å². The van der Waals surface area contributed by atoms with E-state index >= 15 is 0 Å². The van der Waals surface area contributed by atoms with E-state index in [9.17, 15) is 4.79 Å². The molecule has 0 radical (unpaired) electrons. The Bertz CT molecular complexity index is 844. The van der Waals surface area contributed by atoms with Crippen LogP contribution in [0, 0.1) is 3.57 Å². The van der Waals surface area contributed by atoms with Crippen LogP contribution < -0.4 is 15.2 Å². The molecule has 0 saturated heterocycles. The maximum absolute atomic E-state index is 10.7. The van der Waals surface area contributed by atoms with Crippen molar-refractivity contribution < 1.29 is 19.4 Å². The van der Waals surface area contributed by atoms with Crippen LogP contribution in [0.3, 0.4) is 0 Å². The van der Waals surface area contributed by atoms with Gasteiger partial charge in [0.15, 0.2) is 23.3 Å². The maximum Gasteiger partial charge on any atom is 0.341 e. The first kappa shape index (κ1) is 21.0. The summed E-state index contributed by atoms with van der Waals surface area (Å²) in [7, 11) is 1.48. The summed E-state index contributed by atoms with van der Waals surface area (Å²) in [6.45, 7) is -0.445. The molecule has 0 aromatic heterocycles. The number of ether oxygens (including phenoxy) is 2. The average Bonchev–Trinajstić information content (AvgIpc) is 2.65. The van der Waals surface area contributed by atoms with Crippen LogP contribution in [-0.4, -0.2) is 36.2 Å². The van der Waals surface area contributed by atoms with Gasteiger partial charge >= 0.3 is 5.97 Å². The van der Waals surface area contributed by atoms with E-state index < -0.39 is 12.6 Å². The third kappa shape index (κ3) is 7.10. The number of aliphatic carboxylic acids is 1. The van der Waals surface area contributed by atoms with Gasteiger partial charge < -0.3 is 20.3 Å². The highest BCUT2D eigenvalue weighted by molar-refractivity contribution is 14.1. The fourth-order valence-electron chi connectivity index (χ4n) is 2.00. The third-order valence-electron chi connectivity index (χ3n) is 3.18. The van der Waals surface area contributed by atoms with Crippen molar-refractivity contribution in [3.63, 3.8) is 0 Å². The first-order valence-electron chi connectivity index (χ1n) is 7.75. The van der Waals surface area contributed by atoms with E-state index in [0.717, 1.165) is 11.1 Å². The fraction of sp³-hybridized carbons (Fsp3) is 0.167. The van der Waals surface area contributed by atoms with Crippen LogP contribution in [0.5, 0.6) is 11.5 Å². The molecule has 9 heteroatoms. The van der Waals surface area contributed by atoms with Crippen molar-refractivity contribution in [2.75, 3.05) is 13.7 Å². The van der Waals surface area contributed by atoms with Gasteiger partial charge in [0, 0.05) is 5.75 Å². The Balaban J connectivity index is 2.02. The Kier molecular flexibility index (Phi) is 8.40. The molecule has 0 fully saturated rings. The Morgan fingerprint density at radius 3 is 2.74 bits per heavy atom. The van der Waals surface area contributed by atoms with Crippen molar-refractivity contribution in [3.8, 4) is 11.5 Å². The van der Waals surface area contributed by atoms with E-state index in [1.54, 1.807) is 18.3 Å². The molecule has 0 heterocycles. The predicted molar refractivity (Wildman–Crippen MR) is 116 cm³/mol. The molecule has 0 unspecified atom stereocenters. The van der Waals surface area contributed by atoms with Crippen LogP contribution in [0.25, 0.3) is 0 Å². The van der Waals surface area contributed by atoms with Crippen molar-refractivity contribution in [1.29, 1.82) is 0 Å². The molecule has 3 N–H and O–H groups in total. The van der Waals surface area contributed by atoms with Crippen molar-refractivity contribution in [3.05, 3.63) is 57.2 Å². The molecule has 0 spiro atoms. The fourth-order valence-corrected chi connectivity index (χ4v) is 3.39. The average molecular weight is 499 g/mol. The minimum absolute atomic E-state index is 0.359. The largest absolute Gasteiger partial charge is 0.493 e. The van der Waals surface area contributed by atoms with E-state index in [1.165, 1.54) is 18.9 Å². The molecule has 0 saturated carbocycles. The summed E-state index contributed by atoms with van der Waals surface area (Å²) in [4.78, 5) is 10.7. The molecular formula is C18H18IN3O4S. The summed E-state index contributed by atoms with van der Waals surface area (Å²) < 4.78 is 11.2. The van der Waals surface area contributed by atoms with Gasteiger partial charge in [0.2, 0.25) is 0 Å². The molecule has 2 rings (SSSR count). The minimum atomic E-state index is -1.06. The number of carboxylic acid groups (broad SMARTS) is 1. The number of hydrogen-bond acceptors (Lipinski definition) is 6. The zero-order valence-corrected chi connectivity index (χ0v) is 17.4. The molecule has 2 aromatic rings. The quantitative estimate of drug-likeness (QED) is 0.250. The summed E-state index contributed by atoms with van der Waals surface area (Å²) in [6, 6.07) is 13.4. The molecule has 2 aromatic carbocycles. The number of rotatable bonds is 8. The highest BCUT2D eigenvalue weighted by Gasteiger charge is 2.12. The van der Waals surface area contributed by atoms with Crippen molar-refractivity contribution in [2.24, 2.45) is 15.9 Å². The van der Waals surface area contributed by atoms with E-state index in [-0.39, 0.29) is 0 Å². The number of benzene rings is 2. The molecule has 0 bridgehead atoms. The van der Waals surface area contributed by atoms with Gasteiger partial charge in [-0.3, -0.25) is 0 Å². The van der Waals surface area contributed by atoms with E-state index in [0.29, 0.717) is 26.0 Å². The Morgan fingerprint density at radius 2 is 2.07 bits per heavy atom. The monoisotopic (exact) mass is 499 g/mol. The first-order chi connectivity index (χ1) is 13.0. The number of amidine groups is 1. The molecule has 7 nitrogen and oxygen atoms in total. The van der Waals surface area contributed by atoms with Gasteiger partial charge in [0.25, 0.3) is 0 Å². The van der Waals surface area contributed by atoms with Crippen LogP contribution in [0.4, 0.5) is 0 Å². The van der Waals surface area contributed by atoms with Gasteiger partial charge in [0.1, 0.15) is 0 Å². The maximum atomic E-state index is 10.7. The molecule has 0 amide bonds. The number of carboxylic acids is 1. The Labute approximate surface area is 174 Å². The first-order valence-corrected chi connectivity index (χ1v) is 9.81. The molecule has 0 aliphatic carbocycles. The normalized spacial score (nSPS) is 11.6. The number of nitrogens with zero attached hydrogens (tertiary/aromatic N) is 2. The lowest BCUT2D eigenvalue weighted by Crippen LogP contribution is -2.11. The number of hydrogen-bond donors (Lipinski definition) is 2. The summed E-state index contributed by atoms with van der Waals surface area (Å²) in [5, 5.41) is 17.1. The smallest absolute Gasteiger partial charge is 0.341 e. The number of carbonyl (C=O) groups is 1. The number of thioether (sulfide) groups is 1. The van der Waals surface area contributed by atoms with Gasteiger partial charge in [-0.25, -0.2) is 4.79 Å². The lowest BCUT2D eigenvalue weighted by Gasteiger charge is -2.11. The van der Waals surface area contributed by atoms with Crippen molar-refractivity contribution in [2.45, 2.75) is 5.75 Å². The van der Waals surface area contributed by atoms with Crippen LogP contribution >= 0.6 is 34.4 Å². The van der Waals surface area contributed by atoms with Gasteiger partial charge in [0.05, 0.1) is 16.9 Å². The van der Waals surface area contributed by atoms with Crippen LogP contribution in [0.2, 0.25) is 0 Å². The second-order valence-electron chi connectivity index (χ2n) is 5.17. The van der Waals surface area contributed by atoms with Gasteiger partial charge in [-0.2, -0.15) is 5.10 Å². The zero-order chi connectivity index (χ0) is 19.6. The van der Waals surface area contributed by atoms with Crippen molar-refractivity contribution in [1.82, 2.24) is 0 Å². The third-order valence-corrected chi connectivity index (χ3v) is 4.84. The predicted octanol–water partition coefficient (Wildman–Crippen LogP) is 3.35. The second kappa shape index (κ2) is 10.8. The van der Waals surface area contributed by atoms with E-state index in [4.69, 9.17) is 20.3 Å². The molecule has 0 aliphatic heterocycles. The van der Waals surface area contributed by atoms with E-state index in [2.05, 4.69) is 10.2 Å². The molecule has 0 atom stereocenters. The molecule has 142 valence electrons. The molecule has 27 heavy (non-hydrogen) atoms.